The molecule has 1 saturated carbocycles. The molecule has 1 atom stereocenters. The number of halogens is 1. The van der Waals surface area contributed by atoms with Gasteiger partial charge in [0.2, 0.25) is 0 Å². The molecule has 1 aliphatic carbocycles. The van der Waals surface area contributed by atoms with Gasteiger partial charge in [-0.25, -0.2) is 4.39 Å². The number of nitrogens with one attached hydrogen (secondary N) is 1. The van der Waals surface area contributed by atoms with E-state index in [0.29, 0.717) is 17.7 Å². The third-order valence-electron chi connectivity index (χ3n) is 3.89. The van der Waals surface area contributed by atoms with Crippen LogP contribution in [-0.4, -0.2) is 19.7 Å². The number of benzene rings is 1. The minimum absolute atomic E-state index is 0.206. The molecule has 0 aromatic heterocycles. The fourth-order valence-corrected chi connectivity index (χ4v) is 2.62. The maximum Gasteiger partial charge on any atom is 0.168 e. The Morgan fingerprint density at radius 1 is 1.44 bits per heavy atom. The first kappa shape index (κ1) is 13.3. The Bertz CT molecular complexity index is 390. The van der Waals surface area contributed by atoms with Crippen LogP contribution >= 0.6 is 0 Å². The van der Waals surface area contributed by atoms with E-state index in [2.05, 4.69) is 12.2 Å². The number of hydrogen-bond donors (Lipinski definition) is 1. The predicted molar refractivity (Wildman–Crippen MR) is 71.5 cm³/mol. The second-order valence-corrected chi connectivity index (χ2v) is 4.99. The van der Waals surface area contributed by atoms with Gasteiger partial charge in [-0.1, -0.05) is 25.5 Å². The molecule has 1 aliphatic rings. The summed E-state index contributed by atoms with van der Waals surface area (Å²) in [6.07, 6.45) is 4.60. The van der Waals surface area contributed by atoms with Crippen molar-refractivity contribution in [3.05, 3.63) is 29.6 Å². The molecule has 2 nitrogen and oxygen atoms in total. The van der Waals surface area contributed by atoms with E-state index in [4.69, 9.17) is 4.74 Å². The molecule has 0 heterocycles. The standard InChI is InChI=1S/C15H22FNO/c1-3-17-13(11-6-4-7-11)10-12-8-5-9-14(18-2)15(12)16/h5,8-9,11,13,17H,3-4,6-7,10H2,1-2H3. The van der Waals surface area contributed by atoms with Crippen LogP contribution in [0.15, 0.2) is 18.2 Å². The monoisotopic (exact) mass is 251 g/mol. The first-order valence-electron chi connectivity index (χ1n) is 6.81. The molecule has 1 unspecified atom stereocenters. The molecule has 1 aromatic rings. The molecule has 0 amide bonds. The zero-order valence-electron chi connectivity index (χ0n) is 11.2. The van der Waals surface area contributed by atoms with Crippen LogP contribution in [0.4, 0.5) is 4.39 Å². The highest BCUT2D eigenvalue weighted by molar-refractivity contribution is 5.31. The average molecular weight is 251 g/mol. The Balaban J connectivity index is 2.10. The topological polar surface area (TPSA) is 21.3 Å². The Morgan fingerprint density at radius 3 is 2.78 bits per heavy atom. The zero-order valence-corrected chi connectivity index (χ0v) is 11.2. The molecule has 0 bridgehead atoms. The summed E-state index contributed by atoms with van der Waals surface area (Å²) < 4.78 is 19.1. The van der Waals surface area contributed by atoms with Crippen LogP contribution in [0.25, 0.3) is 0 Å². The maximum absolute atomic E-state index is 14.1. The van der Waals surface area contributed by atoms with Crippen molar-refractivity contribution >= 4 is 0 Å². The molecule has 0 radical (unpaired) electrons. The van der Waals surface area contributed by atoms with Gasteiger partial charge in [0, 0.05) is 6.04 Å². The van der Waals surface area contributed by atoms with Gasteiger partial charge in [-0.05, 0) is 43.4 Å². The van der Waals surface area contributed by atoms with Gasteiger partial charge >= 0.3 is 0 Å². The summed E-state index contributed by atoms with van der Waals surface area (Å²) in [6, 6.07) is 5.79. The van der Waals surface area contributed by atoms with Gasteiger partial charge in [0.25, 0.3) is 0 Å². The van der Waals surface area contributed by atoms with E-state index in [1.807, 2.05) is 12.1 Å². The van der Waals surface area contributed by atoms with Crippen molar-refractivity contribution in [2.45, 2.75) is 38.6 Å². The number of rotatable bonds is 6. The van der Waals surface area contributed by atoms with Gasteiger partial charge in [-0.2, -0.15) is 0 Å². The first-order chi connectivity index (χ1) is 8.76. The lowest BCUT2D eigenvalue weighted by Crippen LogP contribution is -2.41. The Hall–Kier alpha value is -1.09. The summed E-state index contributed by atoms with van der Waals surface area (Å²) in [4.78, 5) is 0. The smallest absolute Gasteiger partial charge is 0.168 e. The first-order valence-corrected chi connectivity index (χ1v) is 6.81. The predicted octanol–water partition coefficient (Wildman–Crippen LogP) is 3.16. The van der Waals surface area contributed by atoms with Crippen molar-refractivity contribution in [1.82, 2.24) is 5.32 Å². The van der Waals surface area contributed by atoms with Crippen LogP contribution in [-0.2, 0) is 6.42 Å². The largest absolute Gasteiger partial charge is 0.494 e. The maximum atomic E-state index is 14.1. The van der Waals surface area contributed by atoms with E-state index in [9.17, 15) is 4.39 Å². The number of ether oxygens (including phenoxy) is 1. The van der Waals surface area contributed by atoms with E-state index < -0.39 is 0 Å². The Labute approximate surface area is 109 Å². The molecule has 18 heavy (non-hydrogen) atoms. The Morgan fingerprint density at radius 2 is 2.22 bits per heavy atom. The van der Waals surface area contributed by atoms with Gasteiger partial charge in [0.05, 0.1) is 7.11 Å². The second-order valence-electron chi connectivity index (χ2n) is 4.99. The molecular formula is C15H22FNO. The summed E-state index contributed by atoms with van der Waals surface area (Å²) in [6.45, 7) is 3.04. The van der Waals surface area contributed by atoms with E-state index in [1.54, 1.807) is 6.07 Å². The summed E-state index contributed by atoms with van der Waals surface area (Å²) in [5.41, 5.74) is 0.757. The van der Waals surface area contributed by atoms with Crippen molar-refractivity contribution < 1.29 is 9.13 Å². The summed E-state index contributed by atoms with van der Waals surface area (Å²) in [7, 11) is 1.51. The summed E-state index contributed by atoms with van der Waals surface area (Å²) in [5, 5.41) is 3.49. The lowest BCUT2D eigenvalue weighted by atomic mass is 9.77. The quantitative estimate of drug-likeness (QED) is 0.838. The fraction of sp³-hybridized carbons (Fsp3) is 0.600. The highest BCUT2D eigenvalue weighted by Crippen LogP contribution is 2.32. The molecular weight excluding hydrogens is 229 g/mol. The van der Waals surface area contributed by atoms with Gasteiger partial charge in [-0.3, -0.25) is 0 Å². The highest BCUT2D eigenvalue weighted by Gasteiger charge is 2.27. The molecule has 0 aliphatic heterocycles. The van der Waals surface area contributed by atoms with E-state index >= 15 is 0 Å². The van der Waals surface area contributed by atoms with Crippen LogP contribution in [0.5, 0.6) is 5.75 Å². The summed E-state index contributed by atoms with van der Waals surface area (Å²) in [5.74, 6) is 0.842. The lowest BCUT2D eigenvalue weighted by Gasteiger charge is -2.34. The molecule has 2 rings (SSSR count). The molecule has 1 N–H and O–H groups in total. The number of hydrogen-bond acceptors (Lipinski definition) is 2. The third kappa shape index (κ3) is 2.83. The van der Waals surface area contributed by atoms with E-state index in [1.165, 1.54) is 26.4 Å². The van der Waals surface area contributed by atoms with Crippen LogP contribution in [0.2, 0.25) is 0 Å². The third-order valence-corrected chi connectivity index (χ3v) is 3.89. The minimum Gasteiger partial charge on any atom is -0.494 e. The van der Waals surface area contributed by atoms with E-state index in [-0.39, 0.29) is 5.82 Å². The van der Waals surface area contributed by atoms with Crippen molar-refractivity contribution in [3.8, 4) is 5.75 Å². The molecule has 0 saturated heterocycles. The van der Waals surface area contributed by atoms with Gasteiger partial charge in [0.15, 0.2) is 11.6 Å². The molecule has 0 spiro atoms. The van der Waals surface area contributed by atoms with Crippen LogP contribution in [0.3, 0.4) is 0 Å². The van der Waals surface area contributed by atoms with Gasteiger partial charge < -0.3 is 10.1 Å². The van der Waals surface area contributed by atoms with Crippen molar-refractivity contribution in [1.29, 1.82) is 0 Å². The average Bonchev–Trinajstić information content (AvgIpc) is 2.30. The molecule has 1 fully saturated rings. The molecule has 3 heteroatoms. The molecule has 100 valence electrons. The minimum atomic E-state index is -0.206. The Kier molecular flexibility index (Phi) is 4.59. The van der Waals surface area contributed by atoms with E-state index in [0.717, 1.165) is 18.5 Å². The van der Waals surface area contributed by atoms with Gasteiger partial charge in [-0.15, -0.1) is 0 Å². The zero-order chi connectivity index (χ0) is 13.0. The van der Waals surface area contributed by atoms with Crippen LogP contribution in [0.1, 0.15) is 31.7 Å². The van der Waals surface area contributed by atoms with Crippen molar-refractivity contribution in [2.75, 3.05) is 13.7 Å². The second kappa shape index (κ2) is 6.19. The molecule has 1 aromatic carbocycles. The number of likely N-dealkylation sites (N-methyl/N-ethyl adjacent to an activating group) is 1. The van der Waals surface area contributed by atoms with Gasteiger partial charge in [0.1, 0.15) is 0 Å². The van der Waals surface area contributed by atoms with Crippen molar-refractivity contribution in [2.24, 2.45) is 5.92 Å². The SMILES string of the molecule is CCNC(Cc1cccc(OC)c1F)C1CCC1. The normalized spacial score (nSPS) is 17.3. The lowest BCUT2D eigenvalue weighted by molar-refractivity contribution is 0.228. The van der Waals surface area contributed by atoms with Crippen LogP contribution in [0, 0.1) is 11.7 Å². The highest BCUT2D eigenvalue weighted by atomic mass is 19.1. The summed E-state index contributed by atoms with van der Waals surface area (Å²) >= 11 is 0. The van der Waals surface area contributed by atoms with Crippen LogP contribution < -0.4 is 10.1 Å². The van der Waals surface area contributed by atoms with Crippen molar-refractivity contribution in [3.63, 3.8) is 0 Å². The number of methoxy groups -OCH3 is 1. The fourth-order valence-electron chi connectivity index (χ4n) is 2.62.